The number of nitrogens with zero attached hydrogens (tertiary/aromatic N) is 2. The van der Waals surface area contributed by atoms with Crippen LogP contribution in [0.5, 0.6) is 0 Å². The number of rotatable bonds is 2. The summed E-state index contributed by atoms with van der Waals surface area (Å²) in [6.45, 7) is 8.82. The van der Waals surface area contributed by atoms with Crippen molar-refractivity contribution in [2.24, 2.45) is 5.73 Å². The summed E-state index contributed by atoms with van der Waals surface area (Å²) in [5.74, 6) is 0.0210. The normalized spacial score (nSPS) is 25.4. The van der Waals surface area contributed by atoms with Gasteiger partial charge in [-0.25, -0.2) is 4.79 Å². The van der Waals surface area contributed by atoms with E-state index in [-0.39, 0.29) is 24.1 Å². The highest BCUT2D eigenvalue weighted by Crippen LogP contribution is 2.32. The van der Waals surface area contributed by atoms with E-state index in [0.717, 1.165) is 30.5 Å². The molecule has 3 aliphatic rings. The first kappa shape index (κ1) is 19.5. The van der Waals surface area contributed by atoms with E-state index in [9.17, 15) is 9.59 Å². The highest BCUT2D eigenvalue weighted by atomic mass is 16.6. The zero-order valence-electron chi connectivity index (χ0n) is 16.8. The summed E-state index contributed by atoms with van der Waals surface area (Å²) in [6, 6.07) is 0.0633. The van der Waals surface area contributed by atoms with Gasteiger partial charge in [0.15, 0.2) is 0 Å². The summed E-state index contributed by atoms with van der Waals surface area (Å²) >= 11 is 0. The van der Waals surface area contributed by atoms with Gasteiger partial charge in [-0.05, 0) is 58.3 Å². The molecule has 2 fully saturated rings. The molecule has 2 unspecified atom stereocenters. The maximum absolute atomic E-state index is 13.1. The number of carbonyl (C=O) groups excluding carboxylic acids is 2. The Morgan fingerprint density at radius 1 is 1.19 bits per heavy atom. The number of amides is 2. The monoisotopic (exact) mass is 373 g/mol. The molecule has 0 radical (unpaired) electrons. The van der Waals surface area contributed by atoms with E-state index >= 15 is 0 Å². The van der Waals surface area contributed by atoms with E-state index in [1.807, 2.05) is 48.8 Å². The van der Waals surface area contributed by atoms with Crippen LogP contribution in [-0.2, 0) is 9.53 Å². The predicted molar refractivity (Wildman–Crippen MR) is 105 cm³/mol. The van der Waals surface area contributed by atoms with Crippen LogP contribution in [0.4, 0.5) is 4.79 Å². The molecule has 0 saturated carbocycles. The van der Waals surface area contributed by atoms with Crippen LogP contribution in [0.2, 0.25) is 0 Å². The second-order valence-electron chi connectivity index (χ2n) is 8.68. The Hall–Kier alpha value is -2.24. The average Bonchev–Trinajstić information content (AvgIpc) is 2.75. The molecule has 2 N–H and O–H groups in total. The summed E-state index contributed by atoms with van der Waals surface area (Å²) < 4.78 is 5.57. The van der Waals surface area contributed by atoms with E-state index in [0.29, 0.717) is 25.1 Å². The van der Waals surface area contributed by atoms with E-state index in [1.54, 1.807) is 0 Å². The minimum Gasteiger partial charge on any atom is -0.444 e. The molecule has 0 aromatic carbocycles. The Kier molecular flexibility index (Phi) is 5.36. The van der Waals surface area contributed by atoms with Gasteiger partial charge in [-0.15, -0.1) is 0 Å². The maximum atomic E-state index is 13.1. The van der Waals surface area contributed by atoms with Crippen molar-refractivity contribution < 1.29 is 14.3 Å². The van der Waals surface area contributed by atoms with Crippen LogP contribution in [0.15, 0.2) is 35.1 Å². The fraction of sp³-hybridized carbons (Fsp3) is 0.619. The van der Waals surface area contributed by atoms with Crippen LogP contribution in [0.3, 0.4) is 0 Å². The lowest BCUT2D eigenvalue weighted by atomic mass is 10.1. The number of ether oxygens (including phenoxy) is 1. The van der Waals surface area contributed by atoms with Crippen molar-refractivity contribution >= 4 is 12.0 Å². The average molecular weight is 373 g/mol. The number of allylic oxidation sites excluding steroid dienone is 3. The van der Waals surface area contributed by atoms with E-state index in [2.05, 4.69) is 6.92 Å². The third-order valence-electron chi connectivity index (χ3n) is 5.34. The van der Waals surface area contributed by atoms with Gasteiger partial charge in [0, 0.05) is 30.8 Å². The molecule has 2 aliphatic heterocycles. The first-order chi connectivity index (χ1) is 12.7. The van der Waals surface area contributed by atoms with E-state index in [4.69, 9.17) is 10.5 Å². The van der Waals surface area contributed by atoms with Gasteiger partial charge in [0.05, 0.1) is 12.1 Å². The Morgan fingerprint density at radius 2 is 1.81 bits per heavy atom. The smallest absolute Gasteiger partial charge is 0.410 e. The number of hydrogen-bond donors (Lipinski definition) is 1. The molecule has 6 nitrogen and oxygen atoms in total. The molecule has 3 rings (SSSR count). The van der Waals surface area contributed by atoms with Gasteiger partial charge in [-0.3, -0.25) is 9.69 Å². The molecule has 27 heavy (non-hydrogen) atoms. The highest BCUT2D eigenvalue weighted by molar-refractivity contribution is 5.97. The standard InChI is InChI=1S/C21H31N3O3/c1-5-14-10-15(6-7-16(22)11-14)19(25)23-12-17-8-9-18(13-23)24(17)20(26)27-21(2,3)4/h6-7,10,17-18H,5,8-9,11-13,22H2,1-4H3. The van der Waals surface area contributed by atoms with Crippen molar-refractivity contribution in [1.82, 2.24) is 9.80 Å². The molecular formula is C21H31N3O3. The molecule has 2 saturated heterocycles. The zero-order valence-corrected chi connectivity index (χ0v) is 16.8. The van der Waals surface area contributed by atoms with Crippen molar-refractivity contribution in [3.8, 4) is 0 Å². The summed E-state index contributed by atoms with van der Waals surface area (Å²) in [5, 5.41) is 0. The Labute approximate surface area is 161 Å². The Morgan fingerprint density at radius 3 is 2.37 bits per heavy atom. The largest absolute Gasteiger partial charge is 0.444 e. The van der Waals surface area contributed by atoms with E-state index in [1.165, 1.54) is 0 Å². The zero-order chi connectivity index (χ0) is 19.8. The second kappa shape index (κ2) is 7.41. The minimum atomic E-state index is -0.512. The summed E-state index contributed by atoms with van der Waals surface area (Å²) in [5.41, 5.74) is 8.10. The first-order valence-corrected chi connectivity index (χ1v) is 9.84. The Bertz CT molecular complexity index is 701. The number of hydrogen-bond acceptors (Lipinski definition) is 4. The van der Waals surface area contributed by atoms with Crippen LogP contribution in [0.25, 0.3) is 0 Å². The lowest BCUT2D eigenvalue weighted by Gasteiger charge is -2.41. The molecule has 1 aliphatic carbocycles. The molecule has 2 atom stereocenters. The topological polar surface area (TPSA) is 75.9 Å². The van der Waals surface area contributed by atoms with Gasteiger partial charge in [0.2, 0.25) is 0 Å². The molecular weight excluding hydrogens is 342 g/mol. The molecule has 2 heterocycles. The predicted octanol–water partition coefficient (Wildman–Crippen LogP) is 3.11. The van der Waals surface area contributed by atoms with Crippen molar-refractivity contribution in [1.29, 1.82) is 0 Å². The number of piperazine rings is 1. The number of carbonyl (C=O) groups is 2. The third kappa shape index (κ3) is 4.37. The van der Waals surface area contributed by atoms with Crippen molar-refractivity contribution in [3.63, 3.8) is 0 Å². The molecule has 0 spiro atoms. The van der Waals surface area contributed by atoms with Gasteiger partial charge in [-0.1, -0.05) is 12.5 Å². The quantitative estimate of drug-likeness (QED) is 0.807. The molecule has 6 heteroatoms. The van der Waals surface area contributed by atoms with Crippen LogP contribution in [0.1, 0.15) is 53.4 Å². The lowest BCUT2D eigenvalue weighted by molar-refractivity contribution is -0.130. The first-order valence-electron chi connectivity index (χ1n) is 9.84. The van der Waals surface area contributed by atoms with Crippen LogP contribution in [-0.4, -0.2) is 52.6 Å². The molecule has 2 bridgehead atoms. The van der Waals surface area contributed by atoms with Crippen LogP contribution < -0.4 is 5.73 Å². The van der Waals surface area contributed by atoms with Gasteiger partial charge in [0.1, 0.15) is 5.60 Å². The van der Waals surface area contributed by atoms with Crippen molar-refractivity contribution in [2.75, 3.05) is 13.1 Å². The van der Waals surface area contributed by atoms with Crippen LogP contribution >= 0.6 is 0 Å². The second-order valence-corrected chi connectivity index (χ2v) is 8.68. The number of fused-ring (bicyclic) bond motifs is 2. The SMILES string of the molecule is CCC1=CC(C(=O)N2CC3CCC(C2)N3C(=O)OC(C)(C)C)=CC=C(N)C1. The van der Waals surface area contributed by atoms with Gasteiger partial charge < -0.3 is 15.4 Å². The maximum Gasteiger partial charge on any atom is 0.410 e. The summed E-state index contributed by atoms with van der Waals surface area (Å²) in [4.78, 5) is 29.4. The fourth-order valence-electron chi connectivity index (χ4n) is 4.06. The summed E-state index contributed by atoms with van der Waals surface area (Å²) in [6.07, 6.45) is 8.77. The van der Waals surface area contributed by atoms with Gasteiger partial charge in [0.25, 0.3) is 5.91 Å². The van der Waals surface area contributed by atoms with Gasteiger partial charge in [-0.2, -0.15) is 0 Å². The number of likely N-dealkylation sites (tertiary alicyclic amines) is 1. The van der Waals surface area contributed by atoms with Crippen molar-refractivity contribution in [2.45, 2.75) is 71.1 Å². The molecule has 0 aromatic rings. The Balaban J connectivity index is 1.73. The fourth-order valence-corrected chi connectivity index (χ4v) is 4.06. The molecule has 148 valence electrons. The van der Waals surface area contributed by atoms with Crippen molar-refractivity contribution in [3.05, 3.63) is 35.1 Å². The summed E-state index contributed by atoms with van der Waals surface area (Å²) in [7, 11) is 0. The molecule has 0 aromatic heterocycles. The molecule has 2 amide bonds. The minimum absolute atomic E-state index is 0.0210. The van der Waals surface area contributed by atoms with Crippen LogP contribution in [0, 0.1) is 0 Å². The van der Waals surface area contributed by atoms with Gasteiger partial charge >= 0.3 is 6.09 Å². The lowest BCUT2D eigenvalue weighted by Crippen LogP contribution is -2.58. The third-order valence-corrected chi connectivity index (χ3v) is 5.34. The number of nitrogens with two attached hydrogens (primary N) is 1. The van der Waals surface area contributed by atoms with E-state index < -0.39 is 5.60 Å². The highest BCUT2D eigenvalue weighted by Gasteiger charge is 2.45.